The molecular weight excluding hydrogens is 406 g/mol. The van der Waals surface area contributed by atoms with Gasteiger partial charge in [0.2, 0.25) is 0 Å². The molecule has 0 saturated carbocycles. The van der Waals surface area contributed by atoms with Gasteiger partial charge in [0, 0.05) is 13.1 Å². The van der Waals surface area contributed by atoms with Gasteiger partial charge in [-0.25, -0.2) is 4.79 Å². The third-order valence-corrected chi connectivity index (χ3v) is 4.52. The van der Waals surface area contributed by atoms with E-state index in [4.69, 9.17) is 10.5 Å². The van der Waals surface area contributed by atoms with E-state index in [1.165, 1.54) is 31.3 Å². The van der Waals surface area contributed by atoms with Crippen molar-refractivity contribution in [2.75, 3.05) is 24.3 Å². The average molecular weight is 425 g/mol. The number of nitrogen functional groups attached to an aromatic ring is 1. The number of ether oxygens (including phenoxy) is 1. The van der Waals surface area contributed by atoms with Gasteiger partial charge in [-0.1, -0.05) is 42.5 Å². The molecule has 1 aromatic heterocycles. The SMILES string of the molecule is CN(C(=O)COc1ccccc1[N+](=O)[O-])c1c(N)n(Cc2ccccc2)c(=O)[nH]c1=O. The second-order valence-corrected chi connectivity index (χ2v) is 6.53. The number of carbonyl (C=O) groups is 1. The number of carbonyl (C=O) groups excluding carboxylic acids is 1. The molecular formula is C20H19N5O6. The summed E-state index contributed by atoms with van der Waals surface area (Å²) in [6.45, 7) is -0.498. The van der Waals surface area contributed by atoms with E-state index in [1.807, 2.05) is 6.07 Å². The molecule has 1 heterocycles. The maximum absolute atomic E-state index is 12.6. The number of likely N-dealkylation sites (N-methyl/N-ethyl adjacent to an activating group) is 1. The fourth-order valence-electron chi connectivity index (χ4n) is 2.92. The highest BCUT2D eigenvalue weighted by molar-refractivity contribution is 5.96. The molecule has 3 rings (SSSR count). The number of nitrogens with zero attached hydrogens (tertiary/aromatic N) is 3. The van der Waals surface area contributed by atoms with E-state index in [2.05, 4.69) is 4.98 Å². The van der Waals surface area contributed by atoms with E-state index in [-0.39, 0.29) is 29.5 Å². The normalized spacial score (nSPS) is 10.5. The molecule has 31 heavy (non-hydrogen) atoms. The zero-order valence-corrected chi connectivity index (χ0v) is 16.5. The lowest BCUT2D eigenvalue weighted by molar-refractivity contribution is -0.385. The van der Waals surface area contributed by atoms with Crippen LogP contribution >= 0.6 is 0 Å². The predicted molar refractivity (Wildman–Crippen MR) is 113 cm³/mol. The van der Waals surface area contributed by atoms with Gasteiger partial charge in [0.05, 0.1) is 11.5 Å². The van der Waals surface area contributed by atoms with Crippen LogP contribution in [0.3, 0.4) is 0 Å². The zero-order chi connectivity index (χ0) is 22.5. The van der Waals surface area contributed by atoms with Crippen LogP contribution in [0.4, 0.5) is 17.2 Å². The molecule has 0 aliphatic heterocycles. The molecule has 11 nitrogen and oxygen atoms in total. The summed E-state index contributed by atoms with van der Waals surface area (Å²) in [4.78, 5) is 50.7. The van der Waals surface area contributed by atoms with Gasteiger partial charge in [0.15, 0.2) is 18.0 Å². The van der Waals surface area contributed by atoms with Gasteiger partial charge >= 0.3 is 11.4 Å². The molecule has 0 saturated heterocycles. The van der Waals surface area contributed by atoms with E-state index >= 15 is 0 Å². The highest BCUT2D eigenvalue weighted by Gasteiger charge is 2.22. The number of anilines is 2. The lowest BCUT2D eigenvalue weighted by Crippen LogP contribution is -2.41. The summed E-state index contributed by atoms with van der Waals surface area (Å²) >= 11 is 0. The number of benzene rings is 2. The Morgan fingerprint density at radius 3 is 2.48 bits per heavy atom. The Labute approximate surface area is 175 Å². The first-order valence-corrected chi connectivity index (χ1v) is 9.09. The number of amides is 1. The Morgan fingerprint density at radius 1 is 1.16 bits per heavy atom. The summed E-state index contributed by atoms with van der Waals surface area (Å²) in [5.41, 5.74) is 4.74. The number of H-pyrrole nitrogens is 1. The van der Waals surface area contributed by atoms with Crippen LogP contribution in [0.1, 0.15) is 5.56 Å². The summed E-state index contributed by atoms with van der Waals surface area (Å²) in [6, 6.07) is 14.6. The quantitative estimate of drug-likeness (QED) is 0.425. The molecule has 0 radical (unpaired) electrons. The third kappa shape index (κ3) is 4.61. The molecule has 0 unspecified atom stereocenters. The van der Waals surface area contributed by atoms with Crippen LogP contribution in [-0.2, 0) is 11.3 Å². The second kappa shape index (κ2) is 8.95. The Bertz CT molecular complexity index is 1230. The van der Waals surface area contributed by atoms with Crippen molar-refractivity contribution in [1.29, 1.82) is 0 Å². The maximum Gasteiger partial charge on any atom is 0.330 e. The third-order valence-electron chi connectivity index (χ3n) is 4.52. The van der Waals surface area contributed by atoms with Crippen LogP contribution in [0.5, 0.6) is 5.75 Å². The molecule has 3 aromatic rings. The van der Waals surface area contributed by atoms with Crippen LogP contribution in [0, 0.1) is 10.1 Å². The number of nitro benzene ring substituents is 1. The maximum atomic E-state index is 12.6. The van der Waals surface area contributed by atoms with E-state index in [9.17, 15) is 24.5 Å². The van der Waals surface area contributed by atoms with E-state index in [0.717, 1.165) is 15.0 Å². The smallest absolute Gasteiger partial charge is 0.330 e. The van der Waals surface area contributed by atoms with Gasteiger partial charge in [-0.3, -0.25) is 29.3 Å². The van der Waals surface area contributed by atoms with Crippen molar-refractivity contribution in [1.82, 2.24) is 9.55 Å². The lowest BCUT2D eigenvalue weighted by Gasteiger charge is -2.20. The molecule has 0 bridgehead atoms. The summed E-state index contributed by atoms with van der Waals surface area (Å²) in [5.74, 6) is -0.982. The Kier molecular flexibility index (Phi) is 6.15. The second-order valence-electron chi connectivity index (χ2n) is 6.53. The first-order chi connectivity index (χ1) is 14.8. The molecule has 1 amide bonds. The number of nitrogens with two attached hydrogens (primary N) is 1. The fraction of sp³-hybridized carbons (Fsp3) is 0.150. The van der Waals surface area contributed by atoms with E-state index in [0.29, 0.717) is 0 Å². The predicted octanol–water partition coefficient (Wildman–Crippen LogP) is 1.12. The molecule has 160 valence electrons. The molecule has 0 spiro atoms. The lowest BCUT2D eigenvalue weighted by atomic mass is 10.2. The number of aromatic amines is 1. The van der Waals surface area contributed by atoms with Gasteiger partial charge in [0.25, 0.3) is 11.5 Å². The van der Waals surface area contributed by atoms with Gasteiger partial charge < -0.3 is 15.4 Å². The number of nitro groups is 1. The zero-order valence-electron chi connectivity index (χ0n) is 16.5. The monoisotopic (exact) mass is 425 g/mol. The van der Waals surface area contributed by atoms with Crippen LogP contribution in [0.2, 0.25) is 0 Å². The highest BCUT2D eigenvalue weighted by atomic mass is 16.6. The molecule has 0 atom stereocenters. The fourth-order valence-corrected chi connectivity index (χ4v) is 2.92. The standard InChI is InChI=1S/C20H19N5O6/c1-23(16(26)12-31-15-10-6-5-9-14(15)25(29)30)17-18(21)24(20(28)22-19(17)27)11-13-7-3-2-4-8-13/h2-10H,11-12,21H2,1H3,(H,22,27,28). The van der Waals surface area contributed by atoms with Crippen LogP contribution in [0.25, 0.3) is 0 Å². The van der Waals surface area contributed by atoms with Gasteiger partial charge in [-0.15, -0.1) is 0 Å². The molecule has 0 fully saturated rings. The summed E-state index contributed by atoms with van der Waals surface area (Å²) < 4.78 is 6.42. The van der Waals surface area contributed by atoms with Crippen molar-refractivity contribution < 1.29 is 14.5 Å². The van der Waals surface area contributed by atoms with Crippen molar-refractivity contribution in [2.45, 2.75) is 6.54 Å². The summed E-state index contributed by atoms with van der Waals surface area (Å²) in [7, 11) is 1.30. The minimum Gasteiger partial charge on any atom is -0.477 e. The van der Waals surface area contributed by atoms with Crippen LogP contribution in [-0.4, -0.2) is 34.0 Å². The highest BCUT2D eigenvalue weighted by Crippen LogP contribution is 2.26. The van der Waals surface area contributed by atoms with Crippen molar-refractivity contribution in [2.24, 2.45) is 0 Å². The average Bonchev–Trinajstić information content (AvgIpc) is 2.75. The summed E-state index contributed by atoms with van der Waals surface area (Å²) in [6.07, 6.45) is 0. The largest absolute Gasteiger partial charge is 0.477 e. The van der Waals surface area contributed by atoms with Crippen LogP contribution < -0.4 is 26.6 Å². The first-order valence-electron chi connectivity index (χ1n) is 9.09. The number of para-hydroxylation sites is 2. The minimum atomic E-state index is -0.839. The van der Waals surface area contributed by atoms with Crippen molar-refractivity contribution in [3.05, 3.63) is 91.1 Å². The first kappa shape index (κ1) is 21.3. The number of nitrogens with one attached hydrogen (secondary N) is 1. The molecule has 11 heteroatoms. The van der Waals surface area contributed by atoms with Crippen LogP contribution in [0.15, 0.2) is 64.2 Å². The molecule has 0 aliphatic rings. The van der Waals surface area contributed by atoms with Gasteiger partial charge in [-0.05, 0) is 11.6 Å². The van der Waals surface area contributed by atoms with E-state index < -0.39 is 28.7 Å². The Hall–Kier alpha value is -4.41. The van der Waals surface area contributed by atoms with Crippen molar-refractivity contribution >= 4 is 23.1 Å². The number of hydrogen-bond acceptors (Lipinski definition) is 7. The number of hydrogen-bond donors (Lipinski definition) is 2. The topological polar surface area (TPSA) is 154 Å². The number of aromatic nitrogens is 2. The number of rotatable bonds is 7. The summed E-state index contributed by atoms with van der Waals surface area (Å²) in [5, 5.41) is 11.1. The minimum absolute atomic E-state index is 0.0873. The molecule has 3 N–H and O–H groups in total. The molecule has 0 aliphatic carbocycles. The van der Waals surface area contributed by atoms with Gasteiger partial charge in [-0.2, -0.15) is 0 Å². The van der Waals surface area contributed by atoms with Crippen molar-refractivity contribution in [3.63, 3.8) is 0 Å². The Morgan fingerprint density at radius 2 is 1.81 bits per heavy atom. The molecule has 2 aromatic carbocycles. The Balaban J connectivity index is 1.86. The van der Waals surface area contributed by atoms with E-state index in [1.54, 1.807) is 24.3 Å². The van der Waals surface area contributed by atoms with Crippen molar-refractivity contribution in [3.8, 4) is 5.75 Å². The van der Waals surface area contributed by atoms with Gasteiger partial charge in [0.1, 0.15) is 5.82 Å².